The molecule has 3 rings (SSSR count). The zero-order valence-electron chi connectivity index (χ0n) is 11.7. The molecule has 0 spiro atoms. The Hall–Kier alpha value is -1.90. The van der Waals surface area contributed by atoms with E-state index in [1.807, 2.05) is 38.4 Å². The van der Waals surface area contributed by atoms with Crippen LogP contribution in [0.5, 0.6) is 5.75 Å². The van der Waals surface area contributed by atoms with Gasteiger partial charge in [0.2, 0.25) is 0 Å². The lowest BCUT2D eigenvalue weighted by Crippen LogP contribution is -2.06. The number of hydrogen-bond acceptors (Lipinski definition) is 5. The van der Waals surface area contributed by atoms with Crippen LogP contribution in [-0.4, -0.2) is 26.8 Å². The van der Waals surface area contributed by atoms with Gasteiger partial charge in [0.05, 0.1) is 11.6 Å². The molecule has 7 heteroatoms. The van der Waals surface area contributed by atoms with Crippen molar-refractivity contribution in [3.63, 3.8) is 0 Å². The van der Waals surface area contributed by atoms with Crippen molar-refractivity contribution in [2.75, 3.05) is 12.4 Å². The highest BCUT2D eigenvalue weighted by Crippen LogP contribution is 2.20. The lowest BCUT2D eigenvalue weighted by Gasteiger charge is -2.08. The van der Waals surface area contributed by atoms with Crippen LogP contribution in [0.1, 0.15) is 5.82 Å². The van der Waals surface area contributed by atoms with Gasteiger partial charge in [-0.2, -0.15) is 5.10 Å². The number of hydrogen-bond donors (Lipinski definition) is 1. The lowest BCUT2D eigenvalue weighted by molar-refractivity contribution is 0.296. The van der Waals surface area contributed by atoms with Gasteiger partial charge in [0.25, 0.3) is 0 Å². The smallest absolute Gasteiger partial charge is 0.170 e. The average molecular weight is 395 g/mol. The summed E-state index contributed by atoms with van der Waals surface area (Å²) in [6.45, 7) is 0.315. The van der Waals surface area contributed by atoms with Crippen molar-refractivity contribution < 1.29 is 4.74 Å². The first-order chi connectivity index (χ1) is 10.2. The van der Waals surface area contributed by atoms with Gasteiger partial charge in [0.1, 0.15) is 18.2 Å². The van der Waals surface area contributed by atoms with Crippen LogP contribution in [0.2, 0.25) is 0 Å². The van der Waals surface area contributed by atoms with E-state index in [1.165, 1.54) is 0 Å². The molecule has 0 atom stereocenters. The third-order valence-corrected chi connectivity index (χ3v) is 3.71. The van der Waals surface area contributed by atoms with Crippen LogP contribution in [0.4, 0.5) is 5.82 Å². The summed E-state index contributed by atoms with van der Waals surface area (Å²) < 4.78 is 8.61. The Bertz CT molecular complexity index is 786. The average Bonchev–Trinajstić information content (AvgIpc) is 2.86. The molecule has 2 heterocycles. The van der Waals surface area contributed by atoms with Crippen LogP contribution in [0.25, 0.3) is 11.0 Å². The largest absolute Gasteiger partial charge is 0.486 e. The minimum Gasteiger partial charge on any atom is -0.486 e. The van der Waals surface area contributed by atoms with E-state index >= 15 is 0 Å². The standard InChI is InChI=1S/C14H14IN5O/c1-16-13-11-7-17-20(2)14(11)19-12(18-13)8-21-10-5-3-4-9(15)6-10/h3-7H,8H2,1-2H3,(H,16,18,19). The minimum absolute atomic E-state index is 0.315. The van der Waals surface area contributed by atoms with Gasteiger partial charge >= 0.3 is 0 Å². The van der Waals surface area contributed by atoms with Crippen molar-refractivity contribution in [2.45, 2.75) is 6.61 Å². The molecule has 2 aromatic heterocycles. The lowest BCUT2D eigenvalue weighted by atomic mass is 10.3. The number of anilines is 1. The molecular weight excluding hydrogens is 381 g/mol. The zero-order chi connectivity index (χ0) is 14.8. The van der Waals surface area contributed by atoms with Gasteiger partial charge in [-0.15, -0.1) is 0 Å². The molecule has 6 nitrogen and oxygen atoms in total. The third-order valence-electron chi connectivity index (χ3n) is 3.04. The Morgan fingerprint density at radius 2 is 2.19 bits per heavy atom. The first kappa shape index (κ1) is 14.1. The predicted molar refractivity (Wildman–Crippen MR) is 89.3 cm³/mol. The monoisotopic (exact) mass is 395 g/mol. The predicted octanol–water partition coefficient (Wildman–Crippen LogP) is 2.59. The Balaban J connectivity index is 1.88. The van der Waals surface area contributed by atoms with Crippen LogP contribution in [-0.2, 0) is 13.7 Å². The maximum absolute atomic E-state index is 5.75. The number of nitrogens with one attached hydrogen (secondary N) is 1. The number of ether oxygens (including phenoxy) is 1. The van der Waals surface area contributed by atoms with Crippen LogP contribution in [0, 0.1) is 3.57 Å². The second kappa shape index (κ2) is 5.84. The Morgan fingerprint density at radius 1 is 1.33 bits per heavy atom. The van der Waals surface area contributed by atoms with E-state index in [1.54, 1.807) is 10.9 Å². The fourth-order valence-corrected chi connectivity index (χ4v) is 2.54. The third kappa shape index (κ3) is 2.92. The molecule has 0 saturated heterocycles. The van der Waals surface area contributed by atoms with Gasteiger partial charge < -0.3 is 10.1 Å². The summed E-state index contributed by atoms with van der Waals surface area (Å²) in [4.78, 5) is 8.97. The van der Waals surface area contributed by atoms with Gasteiger partial charge in [-0.25, -0.2) is 9.97 Å². The van der Waals surface area contributed by atoms with E-state index in [0.29, 0.717) is 12.4 Å². The van der Waals surface area contributed by atoms with Crippen molar-refractivity contribution in [1.82, 2.24) is 19.7 Å². The Morgan fingerprint density at radius 3 is 2.95 bits per heavy atom. The van der Waals surface area contributed by atoms with Gasteiger partial charge in [-0.05, 0) is 40.8 Å². The van der Waals surface area contributed by atoms with Crippen LogP contribution in [0.3, 0.4) is 0 Å². The minimum atomic E-state index is 0.315. The number of aromatic nitrogens is 4. The molecule has 0 aliphatic rings. The Labute approximate surface area is 135 Å². The van der Waals surface area contributed by atoms with Crippen molar-refractivity contribution in [1.29, 1.82) is 0 Å². The number of aryl methyl sites for hydroxylation is 1. The fraction of sp³-hybridized carbons (Fsp3) is 0.214. The number of rotatable bonds is 4. The molecule has 0 aliphatic heterocycles. The van der Waals surface area contributed by atoms with E-state index in [-0.39, 0.29) is 0 Å². The summed E-state index contributed by atoms with van der Waals surface area (Å²) in [7, 11) is 3.69. The van der Waals surface area contributed by atoms with Crippen LogP contribution in [0.15, 0.2) is 30.5 Å². The molecule has 0 saturated carbocycles. The number of benzene rings is 1. The first-order valence-corrected chi connectivity index (χ1v) is 7.50. The summed E-state index contributed by atoms with van der Waals surface area (Å²) in [5.74, 6) is 2.19. The molecule has 0 bridgehead atoms. The van der Waals surface area contributed by atoms with Crippen molar-refractivity contribution in [3.8, 4) is 5.75 Å². The highest BCUT2D eigenvalue weighted by Gasteiger charge is 2.10. The van der Waals surface area contributed by atoms with Gasteiger partial charge in [-0.1, -0.05) is 6.07 Å². The normalized spacial score (nSPS) is 10.8. The number of nitrogens with zero attached hydrogens (tertiary/aromatic N) is 4. The topological polar surface area (TPSA) is 64.9 Å². The fourth-order valence-electron chi connectivity index (χ4n) is 2.03. The van der Waals surface area contributed by atoms with Gasteiger partial charge in [-0.3, -0.25) is 4.68 Å². The van der Waals surface area contributed by atoms with Crippen molar-refractivity contribution in [3.05, 3.63) is 39.9 Å². The second-order valence-corrected chi connectivity index (χ2v) is 5.74. The second-order valence-electron chi connectivity index (χ2n) is 4.49. The van der Waals surface area contributed by atoms with E-state index in [9.17, 15) is 0 Å². The number of halogens is 1. The highest BCUT2D eigenvalue weighted by molar-refractivity contribution is 14.1. The van der Waals surface area contributed by atoms with Gasteiger partial charge in [0.15, 0.2) is 11.5 Å². The highest BCUT2D eigenvalue weighted by atomic mass is 127. The molecule has 0 fully saturated rings. The van der Waals surface area contributed by atoms with E-state index in [0.717, 1.165) is 26.2 Å². The van der Waals surface area contributed by atoms with E-state index in [2.05, 4.69) is 43.0 Å². The van der Waals surface area contributed by atoms with E-state index in [4.69, 9.17) is 4.74 Å². The molecule has 3 aromatic rings. The van der Waals surface area contributed by atoms with Gasteiger partial charge in [0, 0.05) is 17.7 Å². The number of fused-ring (bicyclic) bond motifs is 1. The quantitative estimate of drug-likeness (QED) is 0.689. The van der Waals surface area contributed by atoms with Crippen molar-refractivity contribution in [2.24, 2.45) is 7.05 Å². The van der Waals surface area contributed by atoms with Crippen LogP contribution < -0.4 is 10.1 Å². The summed E-state index contributed by atoms with van der Waals surface area (Å²) in [5.41, 5.74) is 0.788. The summed E-state index contributed by atoms with van der Waals surface area (Å²) in [5, 5.41) is 8.18. The Kier molecular flexibility index (Phi) is 3.91. The molecule has 0 aliphatic carbocycles. The summed E-state index contributed by atoms with van der Waals surface area (Å²) in [6, 6.07) is 7.87. The van der Waals surface area contributed by atoms with Crippen molar-refractivity contribution >= 4 is 39.4 Å². The maximum atomic E-state index is 5.75. The van der Waals surface area contributed by atoms with Crippen LogP contribution >= 0.6 is 22.6 Å². The molecule has 1 aromatic carbocycles. The maximum Gasteiger partial charge on any atom is 0.170 e. The summed E-state index contributed by atoms with van der Waals surface area (Å²) >= 11 is 2.25. The zero-order valence-corrected chi connectivity index (χ0v) is 13.8. The molecule has 108 valence electrons. The molecule has 0 amide bonds. The summed E-state index contributed by atoms with van der Waals surface area (Å²) in [6.07, 6.45) is 1.76. The molecular formula is C14H14IN5O. The van der Waals surface area contributed by atoms with E-state index < -0.39 is 0 Å². The molecule has 1 N–H and O–H groups in total. The SMILES string of the molecule is CNc1nc(COc2cccc(I)c2)nc2c1cnn2C. The molecule has 0 radical (unpaired) electrons. The molecule has 0 unspecified atom stereocenters. The molecule has 21 heavy (non-hydrogen) atoms. The first-order valence-electron chi connectivity index (χ1n) is 6.42.